The number of phenolic OH excluding ortho intramolecular Hbond substituents is 1. The summed E-state index contributed by atoms with van der Waals surface area (Å²) in [6.45, 7) is 0. The van der Waals surface area contributed by atoms with Gasteiger partial charge in [-0.2, -0.15) is 26.3 Å². The SMILES string of the molecule is COC(=O)C(Cc1ccc(-c2ccc(C(F)(F)F)cc2)cc1)NC(=O)c1cc(-c2ccc(C(F)(F)F)cc2)ccc1O. The van der Waals surface area contributed by atoms with Crippen LogP contribution in [0.25, 0.3) is 22.3 Å². The molecule has 0 saturated carbocycles. The summed E-state index contributed by atoms with van der Waals surface area (Å²) in [6, 6.07) is 18.3. The van der Waals surface area contributed by atoms with Crippen molar-refractivity contribution in [2.75, 3.05) is 7.11 Å². The van der Waals surface area contributed by atoms with Crippen molar-refractivity contribution in [3.05, 3.63) is 113 Å². The molecule has 0 aliphatic heterocycles. The summed E-state index contributed by atoms with van der Waals surface area (Å²) >= 11 is 0. The zero-order valence-corrected chi connectivity index (χ0v) is 21.9. The van der Waals surface area contributed by atoms with E-state index in [4.69, 9.17) is 4.74 Å². The van der Waals surface area contributed by atoms with Gasteiger partial charge in [-0.05, 0) is 64.2 Å². The van der Waals surface area contributed by atoms with Crippen LogP contribution >= 0.6 is 0 Å². The van der Waals surface area contributed by atoms with E-state index in [0.717, 1.165) is 31.4 Å². The Morgan fingerprint density at radius 1 is 0.714 bits per heavy atom. The molecule has 0 spiro atoms. The largest absolute Gasteiger partial charge is 0.507 e. The number of alkyl halides is 6. The molecule has 0 heterocycles. The van der Waals surface area contributed by atoms with Crippen LogP contribution in [0.2, 0.25) is 0 Å². The summed E-state index contributed by atoms with van der Waals surface area (Å²) in [5.41, 5.74) is 0.705. The van der Waals surface area contributed by atoms with Crippen molar-refractivity contribution in [1.29, 1.82) is 0 Å². The molecule has 218 valence electrons. The maximum absolute atomic E-state index is 13.1. The van der Waals surface area contributed by atoms with Crippen molar-refractivity contribution in [1.82, 2.24) is 5.32 Å². The highest BCUT2D eigenvalue weighted by Crippen LogP contribution is 2.33. The van der Waals surface area contributed by atoms with E-state index in [9.17, 15) is 41.0 Å². The van der Waals surface area contributed by atoms with E-state index < -0.39 is 47.1 Å². The second-order valence-corrected chi connectivity index (χ2v) is 9.33. The van der Waals surface area contributed by atoms with E-state index in [-0.39, 0.29) is 12.0 Å². The van der Waals surface area contributed by atoms with Crippen LogP contribution in [0.15, 0.2) is 91.0 Å². The third-order valence-corrected chi connectivity index (χ3v) is 6.52. The molecule has 11 heteroatoms. The molecule has 5 nitrogen and oxygen atoms in total. The number of methoxy groups -OCH3 is 1. The van der Waals surface area contributed by atoms with Gasteiger partial charge in [0.1, 0.15) is 11.8 Å². The number of ether oxygens (including phenoxy) is 1. The fraction of sp³-hybridized carbons (Fsp3) is 0.161. The van der Waals surface area contributed by atoms with Gasteiger partial charge in [0.25, 0.3) is 5.91 Å². The first-order valence-electron chi connectivity index (χ1n) is 12.4. The van der Waals surface area contributed by atoms with Crippen LogP contribution < -0.4 is 5.32 Å². The van der Waals surface area contributed by atoms with Crippen molar-refractivity contribution in [2.24, 2.45) is 0 Å². The summed E-state index contributed by atoms with van der Waals surface area (Å²) in [5.74, 6) is -2.00. The Morgan fingerprint density at radius 3 is 1.60 bits per heavy atom. The van der Waals surface area contributed by atoms with Crippen LogP contribution in [0.5, 0.6) is 5.75 Å². The minimum Gasteiger partial charge on any atom is -0.507 e. The lowest BCUT2D eigenvalue weighted by Gasteiger charge is -2.18. The van der Waals surface area contributed by atoms with Gasteiger partial charge in [-0.25, -0.2) is 4.79 Å². The highest BCUT2D eigenvalue weighted by molar-refractivity contribution is 6.00. The van der Waals surface area contributed by atoms with E-state index in [2.05, 4.69) is 5.32 Å². The van der Waals surface area contributed by atoms with Crippen LogP contribution in [-0.4, -0.2) is 30.1 Å². The Balaban J connectivity index is 1.50. The molecular weight excluding hydrogens is 564 g/mol. The molecule has 4 aromatic rings. The van der Waals surface area contributed by atoms with Crippen LogP contribution in [0, 0.1) is 0 Å². The van der Waals surface area contributed by atoms with Crippen molar-refractivity contribution in [3.8, 4) is 28.0 Å². The lowest BCUT2D eigenvalue weighted by atomic mass is 9.99. The van der Waals surface area contributed by atoms with Crippen LogP contribution in [0.1, 0.15) is 27.0 Å². The Kier molecular flexibility index (Phi) is 8.60. The Hall–Kier alpha value is -4.80. The summed E-state index contributed by atoms with van der Waals surface area (Å²) in [6.07, 6.45) is -8.97. The number of aromatic hydroxyl groups is 1. The molecule has 4 rings (SSSR count). The molecule has 1 atom stereocenters. The first-order valence-corrected chi connectivity index (χ1v) is 12.4. The Morgan fingerprint density at radius 2 is 1.14 bits per heavy atom. The average Bonchev–Trinajstić information content (AvgIpc) is 2.96. The molecule has 0 aliphatic carbocycles. The van der Waals surface area contributed by atoms with Crippen LogP contribution in [0.3, 0.4) is 0 Å². The molecule has 1 unspecified atom stereocenters. The van der Waals surface area contributed by atoms with E-state index in [1.165, 1.54) is 42.5 Å². The lowest BCUT2D eigenvalue weighted by molar-refractivity contribution is -0.143. The number of benzene rings is 4. The van der Waals surface area contributed by atoms with Crippen LogP contribution in [0.4, 0.5) is 26.3 Å². The molecule has 2 N–H and O–H groups in total. The van der Waals surface area contributed by atoms with E-state index in [1.54, 1.807) is 24.3 Å². The molecule has 0 saturated heterocycles. The minimum absolute atomic E-state index is 0.00887. The Bertz CT molecular complexity index is 1560. The van der Waals surface area contributed by atoms with Gasteiger partial charge in [0.15, 0.2) is 0 Å². The zero-order chi connectivity index (χ0) is 30.7. The molecule has 0 aromatic heterocycles. The predicted octanol–water partition coefficient (Wildman–Crippen LogP) is 7.28. The van der Waals surface area contributed by atoms with E-state index in [1.807, 2.05) is 0 Å². The molecule has 0 aliphatic rings. The molecule has 1 amide bonds. The fourth-order valence-electron chi connectivity index (χ4n) is 4.24. The maximum atomic E-state index is 13.1. The van der Waals surface area contributed by atoms with Crippen molar-refractivity contribution in [2.45, 2.75) is 24.8 Å². The standard InChI is InChI=1S/C31H23F6NO4/c1-42-29(41)26(16-18-2-4-19(5-3-18)20-6-11-23(12-7-20)30(32,33)34)38-28(40)25-17-22(10-15-27(25)39)21-8-13-24(14-9-21)31(35,36)37/h2-15,17,26,39H,16H2,1H3,(H,38,40). The molecule has 0 fully saturated rings. The third-order valence-electron chi connectivity index (χ3n) is 6.52. The van der Waals surface area contributed by atoms with E-state index in [0.29, 0.717) is 27.8 Å². The first kappa shape index (κ1) is 30.2. The van der Waals surface area contributed by atoms with Gasteiger partial charge >= 0.3 is 18.3 Å². The summed E-state index contributed by atoms with van der Waals surface area (Å²) < 4.78 is 82.1. The van der Waals surface area contributed by atoms with E-state index >= 15 is 0 Å². The summed E-state index contributed by atoms with van der Waals surface area (Å²) in [4.78, 5) is 25.6. The van der Waals surface area contributed by atoms with Gasteiger partial charge in [-0.1, -0.05) is 54.6 Å². The van der Waals surface area contributed by atoms with Gasteiger partial charge in [-0.15, -0.1) is 0 Å². The van der Waals surface area contributed by atoms with Crippen molar-refractivity contribution in [3.63, 3.8) is 0 Å². The average molecular weight is 588 g/mol. The highest BCUT2D eigenvalue weighted by Gasteiger charge is 2.31. The third kappa shape index (κ3) is 7.09. The molecule has 42 heavy (non-hydrogen) atoms. The zero-order valence-electron chi connectivity index (χ0n) is 21.9. The van der Waals surface area contributed by atoms with Gasteiger partial charge in [0.2, 0.25) is 0 Å². The van der Waals surface area contributed by atoms with Crippen molar-refractivity contribution >= 4 is 11.9 Å². The minimum atomic E-state index is -4.51. The topological polar surface area (TPSA) is 75.6 Å². The second-order valence-electron chi connectivity index (χ2n) is 9.33. The van der Waals surface area contributed by atoms with Gasteiger partial charge in [0.05, 0.1) is 23.8 Å². The normalized spacial score (nSPS) is 12.5. The van der Waals surface area contributed by atoms with Gasteiger partial charge in [-0.3, -0.25) is 4.79 Å². The number of phenols is 1. The predicted molar refractivity (Wildman–Crippen MR) is 142 cm³/mol. The second kappa shape index (κ2) is 12.0. The summed E-state index contributed by atoms with van der Waals surface area (Å²) in [7, 11) is 1.14. The quantitative estimate of drug-likeness (QED) is 0.176. The monoisotopic (exact) mass is 587 g/mol. The molecule has 0 radical (unpaired) electrons. The maximum Gasteiger partial charge on any atom is 0.416 e. The number of carbonyl (C=O) groups excluding carboxylic acids is 2. The number of esters is 1. The highest BCUT2D eigenvalue weighted by atomic mass is 19.4. The number of hydrogen-bond acceptors (Lipinski definition) is 4. The molecule has 0 bridgehead atoms. The molecular formula is C31H23F6NO4. The lowest BCUT2D eigenvalue weighted by Crippen LogP contribution is -2.43. The smallest absolute Gasteiger partial charge is 0.416 e. The summed E-state index contributed by atoms with van der Waals surface area (Å²) in [5, 5.41) is 12.8. The number of hydrogen-bond donors (Lipinski definition) is 2. The number of halogens is 6. The fourth-order valence-corrected chi connectivity index (χ4v) is 4.24. The van der Waals surface area contributed by atoms with Gasteiger partial charge in [0, 0.05) is 6.42 Å². The first-order chi connectivity index (χ1) is 19.8. The Labute approximate surface area is 236 Å². The number of nitrogens with one attached hydrogen (secondary N) is 1. The van der Waals surface area contributed by atoms with Crippen molar-refractivity contribution < 1.29 is 45.8 Å². The molecule has 4 aromatic carbocycles. The number of carbonyl (C=O) groups is 2. The van der Waals surface area contributed by atoms with Crippen LogP contribution in [-0.2, 0) is 28.3 Å². The number of amides is 1. The number of rotatable bonds is 7. The van der Waals surface area contributed by atoms with Gasteiger partial charge < -0.3 is 15.2 Å².